The average Bonchev–Trinajstić information content (AvgIpc) is 2.58. The summed E-state index contributed by atoms with van der Waals surface area (Å²) in [4.78, 5) is 24.6. The monoisotopic (exact) mass is 363 g/mol. The van der Waals surface area contributed by atoms with Crippen molar-refractivity contribution in [2.45, 2.75) is 65.0 Å². The van der Waals surface area contributed by atoms with E-state index >= 15 is 0 Å². The molecule has 1 aromatic rings. The molecular formula is C20H29NO5. The van der Waals surface area contributed by atoms with Gasteiger partial charge in [0, 0.05) is 17.5 Å². The van der Waals surface area contributed by atoms with E-state index in [1.807, 2.05) is 19.9 Å². The molecule has 2 N–H and O–H groups in total. The number of anilines is 1. The van der Waals surface area contributed by atoms with Crippen molar-refractivity contribution < 1.29 is 24.2 Å². The fourth-order valence-electron chi connectivity index (χ4n) is 2.89. The average molecular weight is 363 g/mol. The second-order valence-corrected chi connectivity index (χ2v) is 7.90. The molecule has 1 amide bonds. The zero-order chi connectivity index (χ0) is 19.4. The van der Waals surface area contributed by atoms with Gasteiger partial charge in [0.2, 0.25) is 0 Å². The molecule has 144 valence electrons. The van der Waals surface area contributed by atoms with E-state index in [9.17, 15) is 14.7 Å². The first-order chi connectivity index (χ1) is 12.1. The molecule has 0 saturated carbocycles. The molecule has 1 saturated heterocycles. The maximum absolute atomic E-state index is 12.6. The number of para-hydroxylation sites is 1. The molecule has 0 radical (unpaired) electrons. The lowest BCUT2D eigenvalue weighted by atomic mass is 9.82. The summed E-state index contributed by atoms with van der Waals surface area (Å²) in [6, 6.07) is 8.95. The van der Waals surface area contributed by atoms with Crippen LogP contribution >= 0.6 is 0 Å². The minimum absolute atomic E-state index is 0.0259. The molecule has 1 fully saturated rings. The van der Waals surface area contributed by atoms with E-state index in [-0.39, 0.29) is 18.6 Å². The topological polar surface area (TPSA) is 84.9 Å². The normalized spacial score (nSPS) is 22.4. The van der Waals surface area contributed by atoms with E-state index in [1.165, 1.54) is 0 Å². The third-order valence-electron chi connectivity index (χ3n) is 4.44. The Hall–Kier alpha value is -1.76. The number of Topliss-reactive ketones (excluding diaryl/α,β-unsaturated/α-hetero) is 1. The van der Waals surface area contributed by atoms with E-state index in [1.54, 1.807) is 38.1 Å². The van der Waals surface area contributed by atoms with Gasteiger partial charge in [-0.15, -0.1) is 0 Å². The number of nitrogens with one attached hydrogen (secondary N) is 1. The third-order valence-corrected chi connectivity index (χ3v) is 4.44. The van der Waals surface area contributed by atoms with Crippen LogP contribution in [0.5, 0.6) is 0 Å². The molecule has 1 heterocycles. The van der Waals surface area contributed by atoms with Gasteiger partial charge in [-0.1, -0.05) is 32.0 Å². The minimum atomic E-state index is -1.15. The van der Waals surface area contributed by atoms with Crippen molar-refractivity contribution in [3.63, 3.8) is 0 Å². The Balaban J connectivity index is 1.80. The molecule has 6 heteroatoms. The molecule has 1 aromatic carbocycles. The Labute approximate surface area is 154 Å². The summed E-state index contributed by atoms with van der Waals surface area (Å²) in [6.45, 7) is 7.90. The summed E-state index contributed by atoms with van der Waals surface area (Å²) in [5, 5.41) is 12.7. The van der Waals surface area contributed by atoms with E-state index in [2.05, 4.69) is 5.32 Å². The molecule has 1 aliphatic rings. The summed E-state index contributed by atoms with van der Waals surface area (Å²) < 4.78 is 11.4. The molecule has 0 spiro atoms. The lowest BCUT2D eigenvalue weighted by molar-refractivity contribution is -0.303. The standard InChI is InChI=1S/C20H29NO5/c1-19(2)13-25-20(3,4)26-17(19)15(22)11-8-12-16(23)18(24)21-14-9-6-5-7-10-14/h5-7,9-10,16-17,23H,8,11-13H2,1-4H3,(H,21,24)/t16?,17-/m0/s1. The van der Waals surface area contributed by atoms with Crippen LogP contribution in [0.3, 0.4) is 0 Å². The van der Waals surface area contributed by atoms with Crippen LogP contribution in [-0.2, 0) is 19.1 Å². The Bertz CT molecular complexity index is 626. The summed E-state index contributed by atoms with van der Waals surface area (Å²) >= 11 is 0. The molecule has 0 aliphatic carbocycles. The minimum Gasteiger partial charge on any atom is -0.383 e. The molecule has 26 heavy (non-hydrogen) atoms. The van der Waals surface area contributed by atoms with Crippen LogP contribution in [0.1, 0.15) is 47.0 Å². The highest BCUT2D eigenvalue weighted by Crippen LogP contribution is 2.36. The van der Waals surface area contributed by atoms with E-state index in [0.717, 1.165) is 0 Å². The predicted octanol–water partition coefficient (Wildman–Crippen LogP) is 2.90. The van der Waals surface area contributed by atoms with Crippen molar-refractivity contribution in [1.29, 1.82) is 0 Å². The number of aliphatic hydroxyl groups is 1. The van der Waals surface area contributed by atoms with Crippen molar-refractivity contribution in [3.8, 4) is 0 Å². The lowest BCUT2D eigenvalue weighted by Crippen LogP contribution is -2.53. The van der Waals surface area contributed by atoms with Crippen LogP contribution < -0.4 is 5.32 Å². The predicted molar refractivity (Wildman–Crippen MR) is 98.6 cm³/mol. The first kappa shape index (κ1) is 20.6. The summed E-state index contributed by atoms with van der Waals surface area (Å²) in [5.41, 5.74) is 0.225. The number of carbonyl (C=O) groups is 2. The highest BCUT2D eigenvalue weighted by atomic mass is 16.7. The fraction of sp³-hybridized carbons (Fsp3) is 0.600. The number of rotatable bonds is 7. The van der Waals surface area contributed by atoms with Gasteiger partial charge >= 0.3 is 0 Å². The zero-order valence-electron chi connectivity index (χ0n) is 16.0. The highest BCUT2D eigenvalue weighted by molar-refractivity contribution is 5.94. The second-order valence-electron chi connectivity index (χ2n) is 7.90. The quantitative estimate of drug-likeness (QED) is 0.778. The van der Waals surface area contributed by atoms with Gasteiger partial charge < -0.3 is 19.9 Å². The van der Waals surface area contributed by atoms with Gasteiger partial charge in [0.15, 0.2) is 11.6 Å². The molecule has 0 bridgehead atoms. The van der Waals surface area contributed by atoms with Crippen molar-refractivity contribution in [3.05, 3.63) is 30.3 Å². The van der Waals surface area contributed by atoms with E-state index in [0.29, 0.717) is 18.7 Å². The molecule has 0 aromatic heterocycles. The van der Waals surface area contributed by atoms with Crippen molar-refractivity contribution in [2.24, 2.45) is 5.41 Å². The third kappa shape index (κ3) is 5.62. The van der Waals surface area contributed by atoms with Crippen LogP contribution in [0.15, 0.2) is 30.3 Å². The first-order valence-electron chi connectivity index (χ1n) is 8.99. The molecular weight excluding hydrogens is 334 g/mol. The van der Waals surface area contributed by atoms with Crippen LogP contribution in [0, 0.1) is 5.41 Å². The number of hydrogen-bond acceptors (Lipinski definition) is 5. The summed E-state index contributed by atoms with van der Waals surface area (Å²) in [6.07, 6.45) is -0.818. The summed E-state index contributed by atoms with van der Waals surface area (Å²) in [5.74, 6) is -1.28. The Kier molecular flexibility index (Phi) is 6.55. The van der Waals surface area contributed by atoms with Crippen LogP contribution in [0.25, 0.3) is 0 Å². The van der Waals surface area contributed by atoms with Gasteiger partial charge in [0.05, 0.1) is 6.61 Å². The van der Waals surface area contributed by atoms with Crippen LogP contribution in [-0.4, -0.2) is 41.4 Å². The number of amides is 1. The molecule has 2 atom stereocenters. The second kappa shape index (κ2) is 8.29. The summed E-state index contributed by atoms with van der Waals surface area (Å²) in [7, 11) is 0. The first-order valence-corrected chi connectivity index (χ1v) is 8.99. The maximum Gasteiger partial charge on any atom is 0.253 e. The van der Waals surface area contributed by atoms with E-state index in [4.69, 9.17) is 9.47 Å². The van der Waals surface area contributed by atoms with Crippen LogP contribution in [0.4, 0.5) is 5.69 Å². The van der Waals surface area contributed by atoms with Crippen LogP contribution in [0.2, 0.25) is 0 Å². The SMILES string of the molecule is CC1(C)OCC(C)(C)[C@H](C(=O)CCCC(O)C(=O)Nc2ccccc2)O1. The highest BCUT2D eigenvalue weighted by Gasteiger charge is 2.45. The zero-order valence-corrected chi connectivity index (χ0v) is 16.0. The van der Waals surface area contributed by atoms with Gasteiger partial charge in [-0.25, -0.2) is 0 Å². The Morgan fingerprint density at radius 2 is 1.88 bits per heavy atom. The van der Waals surface area contributed by atoms with Gasteiger partial charge in [0.1, 0.15) is 12.2 Å². The van der Waals surface area contributed by atoms with Gasteiger partial charge in [-0.2, -0.15) is 0 Å². The van der Waals surface area contributed by atoms with Gasteiger partial charge in [-0.3, -0.25) is 9.59 Å². The van der Waals surface area contributed by atoms with Crippen molar-refractivity contribution in [1.82, 2.24) is 0 Å². The molecule has 1 aliphatic heterocycles. The van der Waals surface area contributed by atoms with Crippen molar-refractivity contribution in [2.75, 3.05) is 11.9 Å². The molecule has 6 nitrogen and oxygen atoms in total. The Morgan fingerprint density at radius 1 is 1.23 bits per heavy atom. The molecule has 2 rings (SSSR count). The number of ether oxygens (including phenoxy) is 2. The van der Waals surface area contributed by atoms with Crippen molar-refractivity contribution >= 4 is 17.4 Å². The number of carbonyl (C=O) groups excluding carboxylic acids is 2. The van der Waals surface area contributed by atoms with E-state index < -0.39 is 29.3 Å². The maximum atomic E-state index is 12.6. The number of aliphatic hydroxyl groups excluding tert-OH is 1. The fourth-order valence-corrected chi connectivity index (χ4v) is 2.89. The largest absolute Gasteiger partial charge is 0.383 e. The smallest absolute Gasteiger partial charge is 0.253 e. The number of benzene rings is 1. The van der Waals surface area contributed by atoms with Gasteiger partial charge in [0.25, 0.3) is 5.91 Å². The lowest BCUT2D eigenvalue weighted by Gasteiger charge is -2.45. The molecule has 1 unspecified atom stereocenters. The Morgan fingerprint density at radius 3 is 2.54 bits per heavy atom. The number of ketones is 1. The van der Waals surface area contributed by atoms with Gasteiger partial charge in [-0.05, 0) is 38.8 Å². The number of hydrogen-bond donors (Lipinski definition) is 2.